The Morgan fingerprint density at radius 1 is 1.07 bits per heavy atom. The molecule has 1 aromatic carbocycles. The van der Waals surface area contributed by atoms with Gasteiger partial charge < -0.3 is 9.73 Å². The van der Waals surface area contributed by atoms with Gasteiger partial charge >= 0.3 is 11.6 Å². The first-order valence-electron chi connectivity index (χ1n) is 9.18. The van der Waals surface area contributed by atoms with E-state index in [0.29, 0.717) is 11.1 Å². The Balaban J connectivity index is 2.72. The van der Waals surface area contributed by atoms with Crippen LogP contribution in [0, 0.1) is 10.1 Å². The molecule has 6 heteroatoms. The van der Waals surface area contributed by atoms with Crippen LogP contribution in [0.5, 0.6) is 0 Å². The van der Waals surface area contributed by atoms with Crippen LogP contribution in [-0.4, -0.2) is 15.4 Å². The monoisotopic (exact) mass is 373 g/mol. The molecule has 2 rings (SSSR count). The second-order valence-electron chi connectivity index (χ2n) is 10.1. The average Bonchev–Trinajstić information content (AvgIpc) is 2.85. The molecule has 1 heterocycles. The van der Waals surface area contributed by atoms with Gasteiger partial charge in [-0.15, -0.1) is 0 Å². The summed E-state index contributed by atoms with van der Waals surface area (Å²) in [6.07, 6.45) is 1.37. The number of nitrogens with zero attached hydrogens (tertiary/aromatic N) is 2. The molecule has 1 aromatic heterocycles. The molecule has 0 radical (unpaired) electrons. The molecule has 0 bridgehead atoms. The van der Waals surface area contributed by atoms with Crippen molar-refractivity contribution in [3.8, 4) is 0 Å². The SMILES string of the molecule is CC(C)(C)N/C=C(\c1nc2cc(C(C)(C)C)cc(C(C)(C)C)c2o1)[N+](=O)[O-]. The zero-order valence-electron chi connectivity index (χ0n) is 17.9. The van der Waals surface area contributed by atoms with Crippen molar-refractivity contribution >= 4 is 16.8 Å². The number of benzene rings is 1. The maximum atomic E-state index is 11.6. The molecule has 0 atom stereocenters. The maximum Gasteiger partial charge on any atom is 0.346 e. The van der Waals surface area contributed by atoms with Gasteiger partial charge in [-0.1, -0.05) is 47.6 Å². The molecule has 6 nitrogen and oxygen atoms in total. The molecule has 0 aliphatic heterocycles. The van der Waals surface area contributed by atoms with Crippen LogP contribution in [0.15, 0.2) is 22.7 Å². The lowest BCUT2D eigenvalue weighted by atomic mass is 9.80. The molecular weight excluding hydrogens is 342 g/mol. The maximum absolute atomic E-state index is 11.6. The highest BCUT2D eigenvalue weighted by atomic mass is 16.6. The zero-order chi connectivity index (χ0) is 20.8. The Morgan fingerprint density at radius 2 is 1.67 bits per heavy atom. The fourth-order valence-corrected chi connectivity index (χ4v) is 2.61. The summed E-state index contributed by atoms with van der Waals surface area (Å²) in [6, 6.07) is 4.09. The summed E-state index contributed by atoms with van der Waals surface area (Å²) in [7, 11) is 0. The predicted molar refractivity (Wildman–Crippen MR) is 109 cm³/mol. The summed E-state index contributed by atoms with van der Waals surface area (Å²) in [5, 5.41) is 14.6. The van der Waals surface area contributed by atoms with E-state index < -0.39 is 4.92 Å². The molecular formula is C21H31N3O3. The molecule has 0 amide bonds. The van der Waals surface area contributed by atoms with Gasteiger partial charge in [-0.05, 0) is 43.2 Å². The van der Waals surface area contributed by atoms with E-state index in [-0.39, 0.29) is 28.0 Å². The predicted octanol–water partition coefficient (Wildman–Crippen LogP) is 5.39. The number of nitro groups is 1. The lowest BCUT2D eigenvalue weighted by Gasteiger charge is -2.24. The van der Waals surface area contributed by atoms with Gasteiger partial charge in [0, 0.05) is 11.1 Å². The first-order valence-corrected chi connectivity index (χ1v) is 9.18. The van der Waals surface area contributed by atoms with Crippen LogP contribution in [0.4, 0.5) is 0 Å². The van der Waals surface area contributed by atoms with E-state index in [9.17, 15) is 10.1 Å². The van der Waals surface area contributed by atoms with Crippen LogP contribution in [0.25, 0.3) is 16.8 Å². The number of hydrogen-bond acceptors (Lipinski definition) is 5. The van der Waals surface area contributed by atoms with Crippen LogP contribution in [0.2, 0.25) is 0 Å². The van der Waals surface area contributed by atoms with Gasteiger partial charge in [-0.3, -0.25) is 10.1 Å². The first-order chi connectivity index (χ1) is 12.1. The quantitative estimate of drug-likeness (QED) is 0.576. The van der Waals surface area contributed by atoms with Crippen LogP contribution >= 0.6 is 0 Å². The minimum absolute atomic E-state index is 0.0170. The molecule has 2 aromatic rings. The van der Waals surface area contributed by atoms with Crippen molar-refractivity contribution in [1.29, 1.82) is 0 Å². The average molecular weight is 373 g/mol. The number of rotatable bonds is 3. The van der Waals surface area contributed by atoms with E-state index in [1.807, 2.05) is 26.8 Å². The van der Waals surface area contributed by atoms with Crippen molar-refractivity contribution in [3.05, 3.63) is 45.5 Å². The molecule has 0 aliphatic carbocycles. The summed E-state index contributed by atoms with van der Waals surface area (Å²) < 4.78 is 5.92. The Hall–Kier alpha value is -2.37. The van der Waals surface area contributed by atoms with Crippen molar-refractivity contribution in [2.75, 3.05) is 0 Å². The number of nitrogens with one attached hydrogen (secondary N) is 1. The fourth-order valence-electron chi connectivity index (χ4n) is 2.61. The van der Waals surface area contributed by atoms with Gasteiger partial charge in [0.05, 0.1) is 11.1 Å². The van der Waals surface area contributed by atoms with Crippen molar-refractivity contribution in [2.24, 2.45) is 0 Å². The lowest BCUT2D eigenvalue weighted by molar-refractivity contribution is -0.377. The van der Waals surface area contributed by atoms with E-state index in [0.717, 1.165) is 11.1 Å². The number of oxazole rings is 1. The third-order valence-electron chi connectivity index (χ3n) is 4.22. The minimum atomic E-state index is -0.467. The molecule has 148 valence electrons. The highest BCUT2D eigenvalue weighted by Crippen LogP contribution is 2.36. The summed E-state index contributed by atoms with van der Waals surface area (Å²) in [4.78, 5) is 15.6. The third-order valence-corrected chi connectivity index (χ3v) is 4.22. The molecule has 0 fully saturated rings. The topological polar surface area (TPSA) is 81.2 Å². The smallest absolute Gasteiger partial charge is 0.346 e. The summed E-state index contributed by atoms with van der Waals surface area (Å²) in [6.45, 7) is 18.5. The van der Waals surface area contributed by atoms with E-state index >= 15 is 0 Å². The van der Waals surface area contributed by atoms with Gasteiger partial charge in [0.1, 0.15) is 5.52 Å². The molecule has 0 spiro atoms. The van der Waals surface area contributed by atoms with Crippen molar-refractivity contribution in [1.82, 2.24) is 10.3 Å². The first kappa shape index (κ1) is 20.9. The van der Waals surface area contributed by atoms with Crippen LogP contribution in [0.3, 0.4) is 0 Å². The number of fused-ring (bicyclic) bond motifs is 1. The van der Waals surface area contributed by atoms with Crippen LogP contribution in [0.1, 0.15) is 79.3 Å². The number of aromatic nitrogens is 1. The normalized spacial score (nSPS) is 13.9. The second kappa shape index (κ2) is 6.66. The Kier molecular flexibility index (Phi) is 5.16. The minimum Gasteiger partial charge on any atom is -0.431 e. The second-order valence-corrected chi connectivity index (χ2v) is 10.1. The molecule has 0 saturated heterocycles. The van der Waals surface area contributed by atoms with Crippen molar-refractivity contribution in [2.45, 2.75) is 78.7 Å². The van der Waals surface area contributed by atoms with E-state index in [1.165, 1.54) is 6.20 Å². The zero-order valence-corrected chi connectivity index (χ0v) is 17.9. The van der Waals surface area contributed by atoms with Crippen LogP contribution < -0.4 is 5.32 Å². The Morgan fingerprint density at radius 3 is 2.11 bits per heavy atom. The highest BCUT2D eigenvalue weighted by molar-refractivity contribution is 5.80. The Bertz CT molecular complexity index is 888. The van der Waals surface area contributed by atoms with Gasteiger partial charge in [-0.25, -0.2) is 4.98 Å². The van der Waals surface area contributed by atoms with Gasteiger partial charge in [0.2, 0.25) is 0 Å². The van der Waals surface area contributed by atoms with Gasteiger partial charge in [-0.2, -0.15) is 0 Å². The number of hydrogen-bond donors (Lipinski definition) is 1. The van der Waals surface area contributed by atoms with Crippen LogP contribution in [-0.2, 0) is 10.8 Å². The van der Waals surface area contributed by atoms with Gasteiger partial charge in [0.15, 0.2) is 5.58 Å². The van der Waals surface area contributed by atoms with Crippen molar-refractivity contribution < 1.29 is 9.34 Å². The third kappa shape index (κ3) is 4.87. The Labute approximate surface area is 161 Å². The van der Waals surface area contributed by atoms with E-state index in [4.69, 9.17) is 4.42 Å². The lowest BCUT2D eigenvalue weighted by Crippen LogP contribution is -2.31. The molecule has 1 N–H and O–H groups in total. The standard InChI is InChI=1S/C21H31N3O3/c1-19(2,3)13-10-14(20(4,5)6)17-15(11-13)23-18(27-17)16(24(25)26)12-22-21(7,8)9/h10-12,22H,1-9H3/b16-12+. The summed E-state index contributed by atoms with van der Waals surface area (Å²) >= 11 is 0. The molecule has 0 unspecified atom stereocenters. The summed E-state index contributed by atoms with van der Waals surface area (Å²) in [5.41, 5.74) is 2.64. The van der Waals surface area contributed by atoms with Crippen molar-refractivity contribution in [3.63, 3.8) is 0 Å². The molecule has 0 aliphatic rings. The van der Waals surface area contributed by atoms with Gasteiger partial charge in [0.25, 0.3) is 0 Å². The molecule has 0 saturated carbocycles. The fraction of sp³-hybridized carbons (Fsp3) is 0.571. The largest absolute Gasteiger partial charge is 0.431 e. The van der Waals surface area contributed by atoms with E-state index in [1.54, 1.807) is 0 Å². The van der Waals surface area contributed by atoms with E-state index in [2.05, 4.69) is 57.9 Å². The summed E-state index contributed by atoms with van der Waals surface area (Å²) in [5.74, 6) is 0.0170. The molecule has 27 heavy (non-hydrogen) atoms. The highest BCUT2D eigenvalue weighted by Gasteiger charge is 2.28.